The van der Waals surface area contributed by atoms with Crippen LogP contribution in [0.3, 0.4) is 0 Å². The summed E-state index contributed by atoms with van der Waals surface area (Å²) in [6, 6.07) is 6.43. The maximum Gasteiger partial charge on any atom is 0.325 e. The summed E-state index contributed by atoms with van der Waals surface area (Å²) in [7, 11) is 1.63. The van der Waals surface area contributed by atoms with Gasteiger partial charge in [-0.05, 0) is 48.9 Å². The van der Waals surface area contributed by atoms with Gasteiger partial charge < -0.3 is 10.2 Å². The molecule has 2 heterocycles. The minimum Gasteiger partial charge on any atom is -0.319 e. The van der Waals surface area contributed by atoms with E-state index < -0.39 is 41.4 Å². The van der Waals surface area contributed by atoms with Gasteiger partial charge in [0.05, 0.1) is 13.0 Å². The summed E-state index contributed by atoms with van der Waals surface area (Å²) in [5.74, 6) is -3.10. The summed E-state index contributed by atoms with van der Waals surface area (Å²) in [6.07, 6.45) is 0.160. The molecule has 0 radical (unpaired) electrons. The fraction of sp³-hybridized carbons (Fsp3) is 0.238. The van der Waals surface area contributed by atoms with E-state index in [0.717, 1.165) is 18.2 Å². The maximum atomic E-state index is 14.2. The second-order valence-electron chi connectivity index (χ2n) is 7.47. The standard InChI is InChI=1S/C21H17F2N3O4/c1-21(14-9-13(22)4-5-15(14)23)19(29)26(20(30)24-21)10-17(27)11-3-6-16-12(7-11)8-18(28)25(16)2/h3-7,9H,8,10H2,1-2H3,(H,24,30)/t21-/m1/s1. The van der Waals surface area contributed by atoms with E-state index >= 15 is 0 Å². The number of nitrogens with zero attached hydrogens (tertiary/aromatic N) is 2. The summed E-state index contributed by atoms with van der Waals surface area (Å²) in [4.78, 5) is 52.0. The molecule has 0 saturated carbocycles. The van der Waals surface area contributed by atoms with Crippen molar-refractivity contribution in [1.29, 1.82) is 0 Å². The number of anilines is 1. The minimum absolute atomic E-state index is 0.100. The van der Waals surface area contributed by atoms with Gasteiger partial charge in [0.2, 0.25) is 5.91 Å². The molecule has 0 spiro atoms. The van der Waals surface area contributed by atoms with Crippen LogP contribution in [-0.4, -0.2) is 42.1 Å². The third-order valence-corrected chi connectivity index (χ3v) is 5.52. The molecular weight excluding hydrogens is 396 g/mol. The van der Waals surface area contributed by atoms with E-state index in [9.17, 15) is 28.0 Å². The molecule has 30 heavy (non-hydrogen) atoms. The number of halogens is 2. The topological polar surface area (TPSA) is 86.8 Å². The summed E-state index contributed by atoms with van der Waals surface area (Å²) >= 11 is 0. The number of likely N-dealkylation sites (N-methyl/N-ethyl adjacent to an activating group) is 1. The third kappa shape index (κ3) is 2.94. The molecule has 0 unspecified atom stereocenters. The van der Waals surface area contributed by atoms with Crippen LogP contribution in [0.25, 0.3) is 0 Å². The second kappa shape index (κ2) is 6.72. The molecule has 2 aromatic carbocycles. The molecule has 2 aliphatic rings. The Labute approximate surface area is 170 Å². The Bertz CT molecular complexity index is 1130. The molecule has 0 aliphatic carbocycles. The lowest BCUT2D eigenvalue weighted by Crippen LogP contribution is -2.42. The average molecular weight is 413 g/mol. The van der Waals surface area contributed by atoms with Crippen LogP contribution in [0.5, 0.6) is 0 Å². The van der Waals surface area contributed by atoms with E-state index in [2.05, 4.69) is 5.32 Å². The Hall–Kier alpha value is -3.62. The van der Waals surface area contributed by atoms with Gasteiger partial charge in [0.1, 0.15) is 17.2 Å². The first-order chi connectivity index (χ1) is 14.1. The van der Waals surface area contributed by atoms with Crippen molar-refractivity contribution in [3.63, 3.8) is 0 Å². The van der Waals surface area contributed by atoms with Crippen LogP contribution in [-0.2, 0) is 21.5 Å². The van der Waals surface area contributed by atoms with Crippen LogP contribution in [0.1, 0.15) is 28.4 Å². The van der Waals surface area contributed by atoms with E-state index in [-0.39, 0.29) is 23.5 Å². The lowest BCUT2D eigenvalue weighted by atomic mass is 9.91. The smallest absolute Gasteiger partial charge is 0.319 e. The number of imide groups is 1. The average Bonchev–Trinajstić information content (AvgIpc) is 3.11. The number of fused-ring (bicyclic) bond motifs is 1. The monoisotopic (exact) mass is 413 g/mol. The number of rotatable bonds is 4. The highest BCUT2D eigenvalue weighted by Crippen LogP contribution is 2.32. The Balaban J connectivity index is 1.59. The van der Waals surface area contributed by atoms with Gasteiger partial charge in [-0.1, -0.05) is 0 Å². The van der Waals surface area contributed by atoms with Gasteiger partial charge in [0.25, 0.3) is 5.91 Å². The zero-order valence-corrected chi connectivity index (χ0v) is 16.2. The van der Waals surface area contributed by atoms with Gasteiger partial charge in [-0.3, -0.25) is 19.3 Å². The Morgan fingerprint density at radius 1 is 1.13 bits per heavy atom. The quantitative estimate of drug-likeness (QED) is 0.615. The van der Waals surface area contributed by atoms with E-state index in [1.165, 1.54) is 17.9 Å². The van der Waals surface area contributed by atoms with E-state index in [1.54, 1.807) is 19.2 Å². The first-order valence-corrected chi connectivity index (χ1v) is 9.14. The van der Waals surface area contributed by atoms with Crippen molar-refractivity contribution in [2.75, 3.05) is 18.5 Å². The highest BCUT2D eigenvalue weighted by atomic mass is 19.1. The molecule has 7 nitrogen and oxygen atoms in total. The fourth-order valence-corrected chi connectivity index (χ4v) is 3.78. The number of hydrogen-bond donors (Lipinski definition) is 1. The molecule has 1 fully saturated rings. The van der Waals surface area contributed by atoms with Gasteiger partial charge in [-0.15, -0.1) is 0 Å². The Morgan fingerprint density at radius 2 is 1.87 bits per heavy atom. The highest BCUT2D eigenvalue weighted by molar-refractivity contribution is 6.11. The fourth-order valence-electron chi connectivity index (χ4n) is 3.78. The normalized spacial score (nSPS) is 20.6. The summed E-state index contributed by atoms with van der Waals surface area (Å²) < 4.78 is 27.8. The van der Waals surface area contributed by atoms with Crippen LogP contribution in [0, 0.1) is 11.6 Å². The van der Waals surface area contributed by atoms with E-state index in [4.69, 9.17) is 0 Å². The molecule has 2 aromatic rings. The van der Waals surface area contributed by atoms with Crippen LogP contribution < -0.4 is 10.2 Å². The molecule has 4 rings (SSSR count). The van der Waals surface area contributed by atoms with Crippen LogP contribution in [0.2, 0.25) is 0 Å². The number of Topliss-reactive ketones (excluding diaryl/α,β-unsaturated/α-hetero) is 1. The van der Waals surface area contributed by atoms with Gasteiger partial charge in [-0.2, -0.15) is 0 Å². The molecule has 1 N–H and O–H groups in total. The van der Waals surface area contributed by atoms with Gasteiger partial charge in [-0.25, -0.2) is 13.6 Å². The van der Waals surface area contributed by atoms with Crippen molar-refractivity contribution < 1.29 is 28.0 Å². The summed E-state index contributed by atoms with van der Waals surface area (Å²) in [5.41, 5.74) is -0.549. The molecule has 4 amide bonds. The van der Waals surface area contributed by atoms with E-state index in [0.29, 0.717) is 16.2 Å². The minimum atomic E-state index is -1.84. The van der Waals surface area contributed by atoms with Crippen molar-refractivity contribution in [2.45, 2.75) is 18.9 Å². The molecule has 2 aliphatic heterocycles. The number of nitrogens with one attached hydrogen (secondary N) is 1. The first kappa shape index (κ1) is 19.7. The van der Waals surface area contributed by atoms with Gasteiger partial charge in [0.15, 0.2) is 5.78 Å². The Morgan fingerprint density at radius 3 is 2.60 bits per heavy atom. The van der Waals surface area contributed by atoms with Crippen molar-refractivity contribution in [2.24, 2.45) is 0 Å². The highest BCUT2D eigenvalue weighted by Gasteiger charge is 2.50. The molecule has 0 aromatic heterocycles. The summed E-state index contributed by atoms with van der Waals surface area (Å²) in [6.45, 7) is 0.687. The predicted molar refractivity (Wildman–Crippen MR) is 102 cm³/mol. The number of hydrogen-bond acceptors (Lipinski definition) is 4. The zero-order valence-electron chi connectivity index (χ0n) is 16.2. The van der Waals surface area contributed by atoms with Crippen molar-refractivity contribution >= 4 is 29.3 Å². The van der Waals surface area contributed by atoms with Crippen LogP contribution in [0.4, 0.5) is 19.3 Å². The molecule has 9 heteroatoms. The number of carbonyl (C=O) groups excluding carboxylic acids is 4. The number of amides is 4. The lowest BCUT2D eigenvalue weighted by molar-refractivity contribution is -0.130. The van der Waals surface area contributed by atoms with Crippen LogP contribution in [0.15, 0.2) is 36.4 Å². The van der Waals surface area contributed by atoms with Crippen molar-refractivity contribution in [3.8, 4) is 0 Å². The van der Waals surface area contributed by atoms with Crippen LogP contribution >= 0.6 is 0 Å². The largest absolute Gasteiger partial charge is 0.325 e. The lowest BCUT2D eigenvalue weighted by Gasteiger charge is -2.22. The van der Waals surface area contributed by atoms with Gasteiger partial charge in [0, 0.05) is 23.9 Å². The maximum absolute atomic E-state index is 14.2. The Kier molecular flexibility index (Phi) is 4.41. The van der Waals surface area contributed by atoms with E-state index in [1.807, 2.05) is 0 Å². The number of carbonyl (C=O) groups is 4. The SMILES string of the molecule is CN1C(=O)Cc2cc(C(=O)CN3C(=O)N[C@](C)(c4cc(F)ccc4F)C3=O)ccc21. The first-order valence-electron chi connectivity index (χ1n) is 9.14. The molecule has 154 valence electrons. The van der Waals surface area contributed by atoms with Crippen molar-refractivity contribution in [3.05, 3.63) is 64.7 Å². The summed E-state index contributed by atoms with van der Waals surface area (Å²) in [5, 5.41) is 2.35. The number of ketones is 1. The van der Waals surface area contributed by atoms with Crippen molar-refractivity contribution in [1.82, 2.24) is 10.2 Å². The molecule has 0 bridgehead atoms. The molecule has 1 saturated heterocycles. The van der Waals surface area contributed by atoms with Gasteiger partial charge >= 0.3 is 6.03 Å². The molecular formula is C21H17F2N3O4. The molecule has 1 atom stereocenters. The zero-order chi connectivity index (χ0) is 21.8. The second-order valence-corrected chi connectivity index (χ2v) is 7.47. The predicted octanol–water partition coefficient (Wildman–Crippen LogP) is 2.13. The number of urea groups is 1. The number of benzene rings is 2. The third-order valence-electron chi connectivity index (χ3n) is 5.52.